The molecule has 2 amide bonds. The van der Waals surface area contributed by atoms with Gasteiger partial charge in [0.2, 0.25) is 5.91 Å². The number of amides is 2. The molecule has 2 N–H and O–H groups in total. The molecule has 0 radical (unpaired) electrons. The Labute approximate surface area is 99.7 Å². The van der Waals surface area contributed by atoms with E-state index in [1.165, 1.54) is 0 Å². The second-order valence-corrected chi connectivity index (χ2v) is 3.83. The Kier molecular flexibility index (Phi) is 4.15. The number of alkyl halides is 3. The first-order valence-electron chi connectivity index (χ1n) is 5.07. The van der Waals surface area contributed by atoms with Crippen LogP contribution in [-0.2, 0) is 14.4 Å². The van der Waals surface area contributed by atoms with E-state index in [9.17, 15) is 27.6 Å². The van der Waals surface area contributed by atoms with Crippen LogP contribution in [0.4, 0.5) is 13.2 Å². The zero-order valence-corrected chi connectivity index (χ0v) is 9.16. The van der Waals surface area contributed by atoms with Crippen LogP contribution < -0.4 is 5.32 Å². The van der Waals surface area contributed by atoms with Gasteiger partial charge in [-0.3, -0.25) is 14.4 Å². The zero-order chi connectivity index (χ0) is 13.9. The molecule has 1 heterocycles. The number of carbonyl (C=O) groups is 3. The van der Waals surface area contributed by atoms with E-state index in [4.69, 9.17) is 5.11 Å². The summed E-state index contributed by atoms with van der Waals surface area (Å²) in [6.45, 7) is -0.545. The van der Waals surface area contributed by atoms with E-state index in [1.54, 1.807) is 5.32 Å². The van der Waals surface area contributed by atoms with Gasteiger partial charge in [0.1, 0.15) is 0 Å². The number of carboxylic acid groups (broad SMARTS) is 1. The van der Waals surface area contributed by atoms with Crippen LogP contribution in [0.3, 0.4) is 0 Å². The predicted molar refractivity (Wildman–Crippen MR) is 51.4 cm³/mol. The molecule has 0 spiro atoms. The molecule has 1 atom stereocenters. The number of nitrogens with one attached hydrogen (secondary N) is 1. The van der Waals surface area contributed by atoms with Gasteiger partial charge >= 0.3 is 18.1 Å². The number of rotatable bonds is 4. The van der Waals surface area contributed by atoms with Gasteiger partial charge in [-0.25, -0.2) is 0 Å². The van der Waals surface area contributed by atoms with Crippen molar-refractivity contribution < 1.29 is 32.7 Å². The molecule has 0 aromatic heterocycles. The smallest absolute Gasteiger partial charge is 0.471 e. The monoisotopic (exact) mass is 268 g/mol. The highest BCUT2D eigenvalue weighted by Crippen LogP contribution is 2.17. The highest BCUT2D eigenvalue weighted by Gasteiger charge is 2.39. The lowest BCUT2D eigenvalue weighted by Crippen LogP contribution is -2.41. The van der Waals surface area contributed by atoms with Gasteiger partial charge in [-0.05, 0) is 0 Å². The van der Waals surface area contributed by atoms with Gasteiger partial charge in [0.25, 0.3) is 0 Å². The second kappa shape index (κ2) is 5.23. The summed E-state index contributed by atoms with van der Waals surface area (Å²) in [7, 11) is 0. The number of likely N-dealkylation sites (tertiary alicyclic amines) is 1. The molecule has 1 unspecified atom stereocenters. The largest absolute Gasteiger partial charge is 0.481 e. The summed E-state index contributed by atoms with van der Waals surface area (Å²) in [5.74, 6) is -4.48. The van der Waals surface area contributed by atoms with E-state index in [0.29, 0.717) is 0 Å². The van der Waals surface area contributed by atoms with Crippen molar-refractivity contribution in [1.29, 1.82) is 0 Å². The highest BCUT2D eigenvalue weighted by molar-refractivity contribution is 5.86. The summed E-state index contributed by atoms with van der Waals surface area (Å²) in [4.78, 5) is 33.5. The summed E-state index contributed by atoms with van der Waals surface area (Å²) < 4.78 is 35.5. The fourth-order valence-corrected chi connectivity index (χ4v) is 1.56. The molecular weight excluding hydrogens is 257 g/mol. The fourth-order valence-electron chi connectivity index (χ4n) is 1.56. The third-order valence-corrected chi connectivity index (χ3v) is 2.49. The predicted octanol–water partition coefficient (Wildman–Crippen LogP) is -0.402. The molecular formula is C9H11F3N2O4. The van der Waals surface area contributed by atoms with E-state index >= 15 is 0 Å². The lowest BCUT2D eigenvalue weighted by atomic mass is 10.1. The average molecular weight is 268 g/mol. The van der Waals surface area contributed by atoms with E-state index in [-0.39, 0.29) is 26.1 Å². The number of carbonyl (C=O) groups excluding carboxylic acids is 2. The third-order valence-electron chi connectivity index (χ3n) is 2.49. The van der Waals surface area contributed by atoms with Gasteiger partial charge in [-0.15, -0.1) is 0 Å². The first-order valence-corrected chi connectivity index (χ1v) is 5.07. The maximum absolute atomic E-state index is 11.8. The van der Waals surface area contributed by atoms with Gasteiger partial charge in [0, 0.05) is 26.1 Å². The maximum atomic E-state index is 11.8. The molecule has 102 valence electrons. The van der Waals surface area contributed by atoms with Crippen molar-refractivity contribution in [2.75, 3.05) is 19.6 Å². The number of carboxylic acids is 1. The highest BCUT2D eigenvalue weighted by atomic mass is 19.4. The van der Waals surface area contributed by atoms with Crippen LogP contribution in [0.25, 0.3) is 0 Å². The van der Waals surface area contributed by atoms with Gasteiger partial charge < -0.3 is 15.3 Å². The molecule has 1 aliphatic heterocycles. The van der Waals surface area contributed by atoms with Crippen molar-refractivity contribution in [2.24, 2.45) is 5.92 Å². The van der Waals surface area contributed by atoms with E-state index < -0.39 is 29.9 Å². The number of hydrogen-bond donors (Lipinski definition) is 2. The standard InChI is InChI=1S/C9H11F3N2O4/c10-9(11,12)8(18)13-1-2-14-4-5(7(16)17)3-6(14)15/h5H,1-4H2,(H,13,18)(H,16,17). The van der Waals surface area contributed by atoms with Gasteiger partial charge in [-0.2, -0.15) is 13.2 Å². The van der Waals surface area contributed by atoms with Crippen LogP contribution >= 0.6 is 0 Å². The topological polar surface area (TPSA) is 86.7 Å². The Morgan fingerprint density at radius 3 is 2.50 bits per heavy atom. The quantitative estimate of drug-likeness (QED) is 0.726. The lowest BCUT2D eigenvalue weighted by Gasteiger charge is -2.16. The van der Waals surface area contributed by atoms with Gasteiger partial charge in [0.05, 0.1) is 5.92 Å². The minimum absolute atomic E-state index is 0.0456. The summed E-state index contributed by atoms with van der Waals surface area (Å²) in [5.41, 5.74) is 0. The Hall–Kier alpha value is -1.80. The average Bonchev–Trinajstić information content (AvgIpc) is 2.59. The van der Waals surface area contributed by atoms with Crippen LogP contribution in [-0.4, -0.2) is 53.6 Å². The first-order chi connectivity index (χ1) is 8.21. The molecule has 1 fully saturated rings. The third kappa shape index (κ3) is 3.60. The number of nitrogens with zero attached hydrogens (tertiary/aromatic N) is 1. The molecule has 18 heavy (non-hydrogen) atoms. The van der Waals surface area contributed by atoms with Crippen LogP contribution in [0, 0.1) is 5.92 Å². The minimum atomic E-state index is -4.96. The molecule has 0 bridgehead atoms. The van der Waals surface area contributed by atoms with Crippen molar-refractivity contribution >= 4 is 17.8 Å². The van der Waals surface area contributed by atoms with Crippen molar-refractivity contribution in [3.63, 3.8) is 0 Å². The van der Waals surface area contributed by atoms with Crippen LogP contribution in [0.15, 0.2) is 0 Å². The molecule has 0 aromatic carbocycles. The second-order valence-electron chi connectivity index (χ2n) is 3.83. The van der Waals surface area contributed by atoms with Crippen molar-refractivity contribution in [3.05, 3.63) is 0 Å². The Bertz CT molecular complexity index is 369. The van der Waals surface area contributed by atoms with Crippen LogP contribution in [0.2, 0.25) is 0 Å². The van der Waals surface area contributed by atoms with Gasteiger partial charge in [0.15, 0.2) is 0 Å². The van der Waals surface area contributed by atoms with E-state index in [1.807, 2.05) is 0 Å². The molecule has 9 heteroatoms. The number of halogens is 3. The Morgan fingerprint density at radius 1 is 1.44 bits per heavy atom. The van der Waals surface area contributed by atoms with Crippen molar-refractivity contribution in [2.45, 2.75) is 12.6 Å². The van der Waals surface area contributed by atoms with E-state index in [2.05, 4.69) is 0 Å². The summed E-state index contributed by atoms with van der Waals surface area (Å²) in [6, 6.07) is 0. The number of hydrogen-bond acceptors (Lipinski definition) is 3. The maximum Gasteiger partial charge on any atom is 0.471 e. The van der Waals surface area contributed by atoms with Crippen molar-refractivity contribution in [3.8, 4) is 0 Å². The molecule has 0 aromatic rings. The molecule has 1 rings (SSSR count). The molecule has 0 saturated carbocycles. The molecule has 1 aliphatic rings. The van der Waals surface area contributed by atoms with E-state index in [0.717, 1.165) is 4.90 Å². The fraction of sp³-hybridized carbons (Fsp3) is 0.667. The summed E-state index contributed by atoms with van der Waals surface area (Å²) in [6.07, 6.45) is -5.12. The van der Waals surface area contributed by atoms with Gasteiger partial charge in [-0.1, -0.05) is 0 Å². The molecule has 6 nitrogen and oxygen atoms in total. The lowest BCUT2D eigenvalue weighted by molar-refractivity contribution is -0.173. The van der Waals surface area contributed by atoms with Crippen LogP contribution in [0.1, 0.15) is 6.42 Å². The van der Waals surface area contributed by atoms with Crippen molar-refractivity contribution in [1.82, 2.24) is 10.2 Å². The number of aliphatic carboxylic acids is 1. The first kappa shape index (κ1) is 14.3. The zero-order valence-electron chi connectivity index (χ0n) is 9.16. The Balaban J connectivity index is 2.35. The summed E-state index contributed by atoms with van der Waals surface area (Å²) >= 11 is 0. The van der Waals surface area contributed by atoms with Crippen LogP contribution in [0.5, 0.6) is 0 Å². The normalized spacial score (nSPS) is 20.1. The molecule has 0 aliphatic carbocycles. The SMILES string of the molecule is O=C(O)C1CC(=O)N(CCNC(=O)C(F)(F)F)C1. The molecule has 1 saturated heterocycles. The minimum Gasteiger partial charge on any atom is -0.481 e. The Morgan fingerprint density at radius 2 is 2.06 bits per heavy atom. The summed E-state index contributed by atoms with van der Waals surface area (Å²) in [5, 5.41) is 10.3.